The number of halogens is 1. The van der Waals surface area contributed by atoms with Crippen LogP contribution in [-0.2, 0) is 4.74 Å². The number of hydrogen-bond acceptors (Lipinski definition) is 6. The van der Waals surface area contributed by atoms with E-state index in [1.165, 1.54) is 10.9 Å². The molecule has 2 aromatic rings. The van der Waals surface area contributed by atoms with Crippen molar-refractivity contribution < 1.29 is 14.2 Å². The van der Waals surface area contributed by atoms with Crippen LogP contribution in [-0.4, -0.2) is 42.5 Å². The van der Waals surface area contributed by atoms with Crippen LogP contribution in [0.2, 0.25) is 0 Å². The number of aromatic nitrogens is 4. The molecule has 2 fully saturated rings. The summed E-state index contributed by atoms with van der Waals surface area (Å²) in [6.45, 7) is 0. The fraction of sp³-hybridized carbons (Fsp3) is 0.500. The molecule has 9 heteroatoms. The van der Waals surface area contributed by atoms with Crippen molar-refractivity contribution in [2.45, 2.75) is 30.5 Å². The van der Waals surface area contributed by atoms with E-state index in [4.69, 9.17) is 10.5 Å². The lowest BCUT2D eigenvalue weighted by atomic mass is 10.2. The Morgan fingerprint density at radius 1 is 1.68 bits per heavy atom. The van der Waals surface area contributed by atoms with E-state index >= 15 is 0 Å². The van der Waals surface area contributed by atoms with Gasteiger partial charge in [-0.3, -0.25) is 14.3 Å². The minimum atomic E-state index is -1.70. The molecule has 0 spiro atoms. The maximum atomic E-state index is 14.0. The number of anilines is 1. The number of nitrogens with two attached hydrogens (primary N) is 1. The predicted octanol–water partition coefficient (Wildman–Crippen LogP) is -0.928. The van der Waals surface area contributed by atoms with Crippen LogP contribution in [0.1, 0.15) is 12.6 Å². The predicted molar refractivity (Wildman–Crippen MR) is 60.9 cm³/mol. The maximum absolute atomic E-state index is 14.0. The number of nitrogens with zero attached hydrogens (tertiary/aromatic N) is 3. The highest BCUT2D eigenvalue weighted by Crippen LogP contribution is 2.56. The van der Waals surface area contributed by atoms with Crippen molar-refractivity contribution in [3.8, 4) is 0 Å². The number of ether oxygens (including phenoxy) is 1. The van der Waals surface area contributed by atoms with Gasteiger partial charge in [-0.2, -0.15) is 4.98 Å². The summed E-state index contributed by atoms with van der Waals surface area (Å²) in [7, 11) is 0. The highest BCUT2D eigenvalue weighted by molar-refractivity contribution is 5.70. The van der Waals surface area contributed by atoms with Crippen molar-refractivity contribution in [3.05, 3.63) is 16.7 Å². The molecule has 1 unspecified atom stereocenters. The second-order valence-corrected chi connectivity index (χ2v) is 4.86. The number of fused-ring (bicyclic) bond motifs is 2. The molecule has 0 amide bonds. The van der Waals surface area contributed by atoms with Crippen LogP contribution in [0.5, 0.6) is 0 Å². The number of nitrogen functional groups attached to an aromatic ring is 1. The van der Waals surface area contributed by atoms with Crippen LogP contribution >= 0.6 is 0 Å². The van der Waals surface area contributed by atoms with Gasteiger partial charge in [-0.15, -0.1) is 0 Å². The summed E-state index contributed by atoms with van der Waals surface area (Å²) in [5.41, 5.74) is 3.67. The number of alkyl halides is 1. The molecule has 1 aliphatic carbocycles. The van der Waals surface area contributed by atoms with E-state index in [0.29, 0.717) is 0 Å². The molecular formula is C10H10FN5O3. The molecule has 2 aliphatic rings. The molecule has 3 heterocycles. The van der Waals surface area contributed by atoms with Gasteiger partial charge in [-0.25, -0.2) is 9.37 Å². The normalized spacial score (nSPS) is 36.6. The molecule has 1 aliphatic heterocycles. The van der Waals surface area contributed by atoms with E-state index in [0.717, 1.165) is 0 Å². The Morgan fingerprint density at radius 2 is 2.47 bits per heavy atom. The molecule has 1 saturated heterocycles. The van der Waals surface area contributed by atoms with Crippen molar-refractivity contribution in [2.24, 2.45) is 0 Å². The Morgan fingerprint density at radius 3 is 3.16 bits per heavy atom. The summed E-state index contributed by atoms with van der Waals surface area (Å²) >= 11 is 0. The number of rotatable bonds is 1. The molecule has 0 aromatic carbocycles. The van der Waals surface area contributed by atoms with Gasteiger partial charge in [-0.05, 0) is 0 Å². The Bertz CT molecular complexity index is 742. The molecule has 4 rings (SSSR count). The first-order chi connectivity index (χ1) is 9.00. The largest absolute Gasteiger partial charge is 0.387 e. The van der Waals surface area contributed by atoms with Gasteiger partial charge in [0.2, 0.25) is 5.95 Å². The molecule has 0 radical (unpaired) electrons. The third-order valence-electron chi connectivity index (χ3n) is 3.69. The van der Waals surface area contributed by atoms with Crippen LogP contribution < -0.4 is 11.3 Å². The topological polar surface area (TPSA) is 119 Å². The fourth-order valence-corrected chi connectivity index (χ4v) is 2.59. The first-order valence-corrected chi connectivity index (χ1v) is 5.75. The Labute approximate surface area is 105 Å². The molecule has 1 saturated carbocycles. The third kappa shape index (κ3) is 1.25. The van der Waals surface area contributed by atoms with Crippen molar-refractivity contribution in [1.82, 2.24) is 19.5 Å². The van der Waals surface area contributed by atoms with E-state index in [2.05, 4.69) is 15.0 Å². The average molecular weight is 267 g/mol. The van der Waals surface area contributed by atoms with Gasteiger partial charge in [0.05, 0.1) is 6.33 Å². The van der Waals surface area contributed by atoms with Gasteiger partial charge in [0.15, 0.2) is 16.8 Å². The zero-order valence-corrected chi connectivity index (χ0v) is 9.58. The summed E-state index contributed by atoms with van der Waals surface area (Å²) in [6.07, 6.45) is -1.16. The number of nitrogens with one attached hydrogen (secondary N) is 1. The molecule has 4 N–H and O–H groups in total. The smallest absolute Gasteiger partial charge is 0.280 e. The van der Waals surface area contributed by atoms with Crippen LogP contribution in [0.25, 0.3) is 11.2 Å². The Hall–Kier alpha value is -2.00. The second kappa shape index (κ2) is 3.11. The monoisotopic (exact) mass is 267 g/mol. The number of H-pyrrole nitrogens is 1. The zero-order chi connectivity index (χ0) is 13.4. The summed E-state index contributed by atoms with van der Waals surface area (Å²) in [5, 5.41) is 9.31. The Kier molecular flexibility index (Phi) is 1.78. The number of hydrogen-bond donors (Lipinski definition) is 3. The third-order valence-corrected chi connectivity index (χ3v) is 3.69. The number of aromatic amines is 1. The lowest BCUT2D eigenvalue weighted by Crippen LogP contribution is -2.18. The highest BCUT2D eigenvalue weighted by Gasteiger charge is 2.73. The van der Waals surface area contributed by atoms with Crippen molar-refractivity contribution in [1.29, 1.82) is 0 Å². The minimum Gasteiger partial charge on any atom is -0.387 e. The van der Waals surface area contributed by atoms with Crippen LogP contribution in [0.4, 0.5) is 10.3 Å². The van der Waals surface area contributed by atoms with Crippen LogP contribution in [0, 0.1) is 0 Å². The first kappa shape index (κ1) is 10.9. The summed E-state index contributed by atoms with van der Waals surface area (Å²) < 4.78 is 20.8. The van der Waals surface area contributed by atoms with Gasteiger partial charge >= 0.3 is 0 Å². The zero-order valence-electron chi connectivity index (χ0n) is 9.58. The SMILES string of the molecule is Nc1nc2c(ncn2[C@H]2C[C@@]3(F)C(O)[C@H]3O2)c(=O)[nH]1. The number of imidazole rings is 1. The lowest BCUT2D eigenvalue weighted by molar-refractivity contribution is -0.00859. The highest BCUT2D eigenvalue weighted by atomic mass is 19.1. The van der Waals surface area contributed by atoms with E-state index in [1.54, 1.807) is 0 Å². The maximum Gasteiger partial charge on any atom is 0.280 e. The lowest BCUT2D eigenvalue weighted by Gasteiger charge is -2.15. The number of aliphatic hydroxyl groups excluding tert-OH is 1. The van der Waals surface area contributed by atoms with Crippen LogP contribution in [0.3, 0.4) is 0 Å². The van der Waals surface area contributed by atoms with Gasteiger partial charge in [-0.1, -0.05) is 0 Å². The van der Waals surface area contributed by atoms with Gasteiger partial charge in [0.25, 0.3) is 5.56 Å². The van der Waals surface area contributed by atoms with Gasteiger partial charge in [0, 0.05) is 6.42 Å². The number of aliphatic hydroxyl groups is 1. The van der Waals surface area contributed by atoms with Crippen molar-refractivity contribution in [2.75, 3.05) is 5.73 Å². The average Bonchev–Trinajstić information content (AvgIpc) is 2.76. The first-order valence-electron chi connectivity index (χ1n) is 5.75. The summed E-state index contributed by atoms with van der Waals surface area (Å²) in [4.78, 5) is 21.8. The molecule has 100 valence electrons. The van der Waals surface area contributed by atoms with E-state index < -0.39 is 29.7 Å². The molecule has 19 heavy (non-hydrogen) atoms. The summed E-state index contributed by atoms with van der Waals surface area (Å²) in [6, 6.07) is 0. The Balaban J connectivity index is 1.79. The molecule has 2 aromatic heterocycles. The molecule has 0 bridgehead atoms. The van der Waals surface area contributed by atoms with Crippen molar-refractivity contribution in [3.63, 3.8) is 0 Å². The second-order valence-electron chi connectivity index (χ2n) is 4.86. The van der Waals surface area contributed by atoms with Crippen molar-refractivity contribution >= 4 is 17.1 Å². The van der Waals surface area contributed by atoms with E-state index in [9.17, 15) is 14.3 Å². The standard InChI is InChI=1S/C10H10FN5O3/c11-10-1-3(19-6(10)5(10)17)16-2-13-4-7(16)14-9(12)15-8(4)18/h2-3,5-6,17H,1H2,(H3,12,14,15,18)/t3-,5?,6-,10-/m1/s1. The quantitative estimate of drug-likeness (QED) is 0.614. The van der Waals surface area contributed by atoms with Gasteiger partial charge in [0.1, 0.15) is 18.4 Å². The molecule has 4 atom stereocenters. The van der Waals surface area contributed by atoms with Crippen LogP contribution in [0.15, 0.2) is 11.1 Å². The van der Waals surface area contributed by atoms with E-state index in [1.807, 2.05) is 0 Å². The van der Waals surface area contributed by atoms with Gasteiger partial charge < -0.3 is 15.6 Å². The minimum absolute atomic E-state index is 0.00131. The molecule has 8 nitrogen and oxygen atoms in total. The van der Waals surface area contributed by atoms with E-state index in [-0.39, 0.29) is 23.5 Å². The fourth-order valence-electron chi connectivity index (χ4n) is 2.59. The summed E-state index contributed by atoms with van der Waals surface area (Å²) in [5.74, 6) is -0.0441. The molecular weight excluding hydrogens is 257 g/mol.